The summed E-state index contributed by atoms with van der Waals surface area (Å²) in [6.07, 6.45) is 10.1. The molecule has 0 amide bonds. The zero-order chi connectivity index (χ0) is 35.1. The maximum Gasteiger partial charge on any atom is 0.100 e. The van der Waals surface area contributed by atoms with Gasteiger partial charge < -0.3 is 15.2 Å². The van der Waals surface area contributed by atoms with Crippen LogP contribution in [0.4, 0.5) is 5.69 Å². The highest BCUT2D eigenvalue weighted by Crippen LogP contribution is 2.44. The van der Waals surface area contributed by atoms with E-state index in [2.05, 4.69) is 83.1 Å². The molecule has 0 bridgehead atoms. The Bertz CT molecular complexity index is 2590. The molecular weight excluding hydrogens is 625 g/mol. The molecule has 1 aliphatic heterocycles. The van der Waals surface area contributed by atoms with E-state index >= 15 is 0 Å². The number of benzene rings is 5. The van der Waals surface area contributed by atoms with Gasteiger partial charge in [0.05, 0.1) is 46.0 Å². The number of fused-ring (bicyclic) bond motifs is 4. The Labute approximate surface area is 296 Å². The number of nitrogens with two attached hydrogens (primary N) is 1. The molecule has 0 saturated carbocycles. The molecule has 2 atom stereocenters. The summed E-state index contributed by atoms with van der Waals surface area (Å²) in [5, 5.41) is 32.8. The highest BCUT2D eigenvalue weighted by Gasteiger charge is 2.37. The fraction of sp³-hybridized carbons (Fsp3) is 0.0889. The van der Waals surface area contributed by atoms with Crippen molar-refractivity contribution in [1.29, 1.82) is 15.8 Å². The largest absolute Gasteiger partial charge is 0.337 e. The highest BCUT2D eigenvalue weighted by atomic mass is 15.2. The first kappa shape index (κ1) is 31.4. The van der Waals surface area contributed by atoms with Crippen LogP contribution in [0.1, 0.15) is 18.1 Å². The molecule has 0 fully saturated rings. The number of hydrogen-bond acceptors (Lipinski definition) is 5. The Morgan fingerprint density at radius 3 is 2.18 bits per heavy atom. The average molecular weight is 657 g/mol. The third-order valence-electron chi connectivity index (χ3n) is 10.0. The lowest BCUT2D eigenvalue weighted by Gasteiger charge is -2.30. The average Bonchev–Trinajstić information content (AvgIpc) is 3.66. The molecule has 8 rings (SSSR count). The Morgan fingerprint density at radius 2 is 1.47 bits per heavy atom. The van der Waals surface area contributed by atoms with Gasteiger partial charge in [0.25, 0.3) is 0 Å². The number of nitrogens with zero attached hydrogens (tertiary/aromatic N) is 5. The van der Waals surface area contributed by atoms with Crippen molar-refractivity contribution in [3.63, 3.8) is 0 Å². The summed E-state index contributed by atoms with van der Waals surface area (Å²) >= 11 is 0. The van der Waals surface area contributed by atoms with Crippen LogP contribution in [0.5, 0.6) is 0 Å². The van der Waals surface area contributed by atoms with E-state index in [-0.39, 0.29) is 12.0 Å². The van der Waals surface area contributed by atoms with Crippen molar-refractivity contribution in [3.8, 4) is 46.1 Å². The number of hydrogen-bond donors (Lipinski definition) is 1. The fourth-order valence-corrected chi connectivity index (χ4v) is 7.82. The molecule has 5 aromatic carbocycles. The molecule has 2 N–H and O–H groups in total. The minimum atomic E-state index is -0.000887. The smallest absolute Gasteiger partial charge is 0.100 e. The Kier molecular flexibility index (Phi) is 7.90. The summed E-state index contributed by atoms with van der Waals surface area (Å²) in [5.41, 5.74) is 17.0. The van der Waals surface area contributed by atoms with Gasteiger partial charge in [0.1, 0.15) is 6.07 Å². The van der Waals surface area contributed by atoms with Crippen molar-refractivity contribution >= 4 is 27.5 Å². The van der Waals surface area contributed by atoms with Crippen LogP contribution in [0.25, 0.3) is 49.7 Å². The van der Waals surface area contributed by atoms with E-state index in [1.54, 1.807) is 0 Å². The molecule has 0 saturated heterocycles. The second-order valence-corrected chi connectivity index (χ2v) is 12.8. The number of rotatable bonds is 6. The van der Waals surface area contributed by atoms with Crippen LogP contribution in [-0.2, 0) is 0 Å². The van der Waals surface area contributed by atoms with Crippen molar-refractivity contribution in [3.05, 3.63) is 168 Å². The predicted molar refractivity (Wildman–Crippen MR) is 205 cm³/mol. The molecule has 1 aliphatic carbocycles. The quantitative estimate of drug-likeness (QED) is 0.192. The standard InChI is InChI=1S/C45H32N6/c1-29-34(15-8-22-46)39-23-30(26-47)18-20-44(39)50(29)33-10-6-9-32(25-33)35-13-7-14-36(41(35)28-49)40-24-31(27-48)19-21-45(40)51-42-16-4-2-11-37(42)38-12-3-5-17-43(38)51/h2-21,23-25,39,44H,22,46H2,1H3/b15-8-. The van der Waals surface area contributed by atoms with Gasteiger partial charge in [-0.3, -0.25) is 0 Å². The van der Waals surface area contributed by atoms with Crippen molar-refractivity contribution in [2.45, 2.75) is 13.0 Å². The summed E-state index contributed by atoms with van der Waals surface area (Å²) in [4.78, 5) is 2.30. The van der Waals surface area contributed by atoms with Gasteiger partial charge in [0.15, 0.2) is 0 Å². The third kappa shape index (κ3) is 5.13. The van der Waals surface area contributed by atoms with Crippen molar-refractivity contribution < 1.29 is 0 Å². The molecular formula is C45H32N6. The number of allylic oxidation sites excluding steroid dienone is 4. The van der Waals surface area contributed by atoms with Gasteiger partial charge in [-0.25, -0.2) is 0 Å². The lowest BCUT2D eigenvalue weighted by Crippen LogP contribution is -2.32. The first-order chi connectivity index (χ1) is 25.1. The predicted octanol–water partition coefficient (Wildman–Crippen LogP) is 9.47. The maximum atomic E-state index is 10.9. The summed E-state index contributed by atoms with van der Waals surface area (Å²) in [6.45, 7) is 2.53. The van der Waals surface area contributed by atoms with E-state index in [4.69, 9.17) is 5.73 Å². The second kappa shape index (κ2) is 12.8. The van der Waals surface area contributed by atoms with Gasteiger partial charge in [-0.05, 0) is 66.6 Å². The zero-order valence-corrected chi connectivity index (χ0v) is 28.0. The van der Waals surface area contributed by atoms with Crippen molar-refractivity contribution in [2.24, 2.45) is 11.7 Å². The minimum Gasteiger partial charge on any atom is -0.337 e. The molecule has 2 heterocycles. The summed E-state index contributed by atoms with van der Waals surface area (Å²) < 4.78 is 2.23. The first-order valence-corrected chi connectivity index (χ1v) is 16.9. The molecule has 0 spiro atoms. The van der Waals surface area contributed by atoms with E-state index < -0.39 is 0 Å². The van der Waals surface area contributed by atoms with E-state index in [1.165, 1.54) is 0 Å². The lowest BCUT2D eigenvalue weighted by molar-refractivity contribution is 0.680. The van der Waals surface area contributed by atoms with Crippen molar-refractivity contribution in [2.75, 3.05) is 11.4 Å². The molecule has 2 unspecified atom stereocenters. The van der Waals surface area contributed by atoms with Crippen LogP contribution in [0.2, 0.25) is 0 Å². The van der Waals surface area contributed by atoms with Gasteiger partial charge in [-0.15, -0.1) is 0 Å². The third-order valence-corrected chi connectivity index (χ3v) is 10.0. The van der Waals surface area contributed by atoms with Gasteiger partial charge >= 0.3 is 0 Å². The SMILES string of the molecule is CC1=C(/C=C\CN)C2C=C(C#N)C=CC2N1c1cccc(-c2cccc(-c3cc(C#N)ccc3-n3c4ccccc4c4ccccc43)c2C#N)c1. The Balaban J connectivity index is 1.29. The number of nitriles is 3. The second-order valence-electron chi connectivity index (χ2n) is 12.8. The van der Waals surface area contributed by atoms with E-state index in [9.17, 15) is 15.8 Å². The monoisotopic (exact) mass is 656 g/mol. The van der Waals surface area contributed by atoms with Crippen LogP contribution in [0, 0.1) is 39.9 Å². The molecule has 1 aromatic heterocycles. The van der Waals surface area contributed by atoms with Gasteiger partial charge in [-0.1, -0.05) is 91.0 Å². The fourth-order valence-electron chi connectivity index (χ4n) is 7.82. The lowest BCUT2D eigenvalue weighted by atomic mass is 9.87. The van der Waals surface area contributed by atoms with Gasteiger partial charge in [0, 0.05) is 56.9 Å². The van der Waals surface area contributed by atoms with Crippen LogP contribution in [-0.4, -0.2) is 17.2 Å². The minimum absolute atomic E-state index is 0.000887. The van der Waals surface area contributed by atoms with E-state index in [0.29, 0.717) is 23.2 Å². The van der Waals surface area contributed by atoms with E-state index in [0.717, 1.165) is 66.7 Å². The Morgan fingerprint density at radius 1 is 0.745 bits per heavy atom. The van der Waals surface area contributed by atoms with Gasteiger partial charge in [0.2, 0.25) is 0 Å². The summed E-state index contributed by atoms with van der Waals surface area (Å²) in [5.74, 6) is 0.0146. The van der Waals surface area contributed by atoms with Crippen LogP contribution in [0.3, 0.4) is 0 Å². The molecule has 6 heteroatoms. The zero-order valence-electron chi connectivity index (χ0n) is 28.0. The maximum absolute atomic E-state index is 10.9. The first-order valence-electron chi connectivity index (χ1n) is 16.9. The molecule has 51 heavy (non-hydrogen) atoms. The number of anilines is 1. The molecule has 6 aromatic rings. The topological polar surface area (TPSA) is 106 Å². The normalized spacial score (nSPS) is 16.7. The summed E-state index contributed by atoms with van der Waals surface area (Å²) in [6, 6.07) is 43.7. The number of para-hydroxylation sites is 2. The van der Waals surface area contributed by atoms with Crippen LogP contribution >= 0.6 is 0 Å². The molecule has 2 aliphatic rings. The molecule has 242 valence electrons. The van der Waals surface area contributed by atoms with E-state index in [1.807, 2.05) is 91.0 Å². The van der Waals surface area contributed by atoms with Crippen molar-refractivity contribution in [1.82, 2.24) is 4.57 Å². The highest BCUT2D eigenvalue weighted by molar-refractivity contribution is 6.09. The van der Waals surface area contributed by atoms with Crippen LogP contribution < -0.4 is 10.6 Å². The van der Waals surface area contributed by atoms with Crippen LogP contribution in [0.15, 0.2) is 156 Å². The van der Waals surface area contributed by atoms with Gasteiger partial charge in [-0.2, -0.15) is 15.8 Å². The number of aromatic nitrogens is 1. The molecule has 6 nitrogen and oxygen atoms in total. The summed E-state index contributed by atoms with van der Waals surface area (Å²) in [7, 11) is 0. The molecule has 0 radical (unpaired) electrons. The Hall–Kier alpha value is -6.91.